The third-order valence-electron chi connectivity index (χ3n) is 2.25. The predicted molar refractivity (Wildman–Crippen MR) is 52.7 cm³/mol. The maximum absolute atomic E-state index is 9.40. The summed E-state index contributed by atoms with van der Waals surface area (Å²) in [5.74, 6) is 1.51. The molecule has 0 aliphatic carbocycles. The van der Waals surface area contributed by atoms with E-state index in [0.29, 0.717) is 13.2 Å². The highest BCUT2D eigenvalue weighted by Gasteiger charge is 2.11. The molecule has 76 valence electrons. The van der Waals surface area contributed by atoms with Crippen molar-refractivity contribution in [3.8, 4) is 11.5 Å². The van der Waals surface area contributed by atoms with Gasteiger partial charge < -0.3 is 14.6 Å². The lowest BCUT2D eigenvalue weighted by atomic mass is 10.1. The van der Waals surface area contributed by atoms with E-state index in [2.05, 4.69) is 0 Å². The predicted octanol–water partition coefficient (Wildman–Crippen LogP) is 1.90. The van der Waals surface area contributed by atoms with Crippen LogP contribution in [0.2, 0.25) is 0 Å². The zero-order chi connectivity index (χ0) is 9.97. The summed E-state index contributed by atoms with van der Waals surface area (Å²) in [6, 6.07) is 5.55. The molecule has 0 fully saturated rings. The highest BCUT2D eigenvalue weighted by molar-refractivity contribution is 5.43. The molecule has 0 unspecified atom stereocenters. The van der Waals surface area contributed by atoms with E-state index < -0.39 is 6.10 Å². The molecule has 0 spiro atoms. The molecule has 1 N–H and O–H groups in total. The van der Waals surface area contributed by atoms with E-state index >= 15 is 0 Å². The van der Waals surface area contributed by atoms with Gasteiger partial charge >= 0.3 is 0 Å². The molecular weight excluding hydrogens is 180 g/mol. The Morgan fingerprint density at radius 2 is 1.93 bits per heavy atom. The molecule has 1 aliphatic rings. The smallest absolute Gasteiger partial charge is 0.161 e. The van der Waals surface area contributed by atoms with Crippen LogP contribution in [0.15, 0.2) is 18.2 Å². The topological polar surface area (TPSA) is 38.7 Å². The molecule has 1 aromatic carbocycles. The third-order valence-corrected chi connectivity index (χ3v) is 2.25. The molecule has 1 aromatic rings. The molecule has 0 amide bonds. The van der Waals surface area contributed by atoms with Gasteiger partial charge in [-0.1, -0.05) is 6.07 Å². The molecule has 0 aromatic heterocycles. The average molecular weight is 194 g/mol. The number of aliphatic hydroxyl groups excluding tert-OH is 1. The lowest BCUT2D eigenvalue weighted by Gasteiger charge is -2.10. The fourth-order valence-electron chi connectivity index (χ4n) is 1.44. The van der Waals surface area contributed by atoms with Crippen LogP contribution in [0.25, 0.3) is 0 Å². The van der Waals surface area contributed by atoms with Crippen LogP contribution >= 0.6 is 0 Å². The second kappa shape index (κ2) is 3.88. The number of fused-ring (bicyclic) bond motifs is 1. The minimum absolute atomic E-state index is 0.466. The Kier molecular flexibility index (Phi) is 2.59. The number of aliphatic hydroxyl groups is 1. The lowest BCUT2D eigenvalue weighted by molar-refractivity contribution is 0.198. The SMILES string of the molecule is C[C@H](O)c1ccc2c(c1)OCCCO2. The minimum Gasteiger partial charge on any atom is -0.490 e. The van der Waals surface area contributed by atoms with Gasteiger partial charge in [-0.3, -0.25) is 0 Å². The summed E-state index contributed by atoms with van der Waals surface area (Å²) in [5.41, 5.74) is 0.856. The van der Waals surface area contributed by atoms with Crippen molar-refractivity contribution in [3.63, 3.8) is 0 Å². The molecule has 1 heterocycles. The van der Waals surface area contributed by atoms with E-state index in [-0.39, 0.29) is 0 Å². The molecule has 1 aliphatic heterocycles. The highest BCUT2D eigenvalue weighted by Crippen LogP contribution is 2.32. The van der Waals surface area contributed by atoms with Crippen LogP contribution in [0.5, 0.6) is 11.5 Å². The first-order valence-electron chi connectivity index (χ1n) is 4.85. The molecule has 0 saturated carbocycles. The van der Waals surface area contributed by atoms with Crippen LogP contribution in [0, 0.1) is 0 Å². The first kappa shape index (κ1) is 9.34. The molecule has 14 heavy (non-hydrogen) atoms. The summed E-state index contributed by atoms with van der Waals surface area (Å²) in [5, 5.41) is 9.40. The van der Waals surface area contributed by atoms with Crippen molar-refractivity contribution in [2.75, 3.05) is 13.2 Å². The quantitative estimate of drug-likeness (QED) is 0.742. The van der Waals surface area contributed by atoms with Gasteiger partial charge in [-0.05, 0) is 24.6 Å². The molecule has 1 atom stereocenters. The maximum Gasteiger partial charge on any atom is 0.161 e. The Balaban J connectivity index is 2.32. The second-order valence-electron chi connectivity index (χ2n) is 3.43. The Hall–Kier alpha value is -1.22. The second-order valence-corrected chi connectivity index (χ2v) is 3.43. The van der Waals surface area contributed by atoms with Gasteiger partial charge in [0.25, 0.3) is 0 Å². The van der Waals surface area contributed by atoms with E-state index in [1.165, 1.54) is 0 Å². The van der Waals surface area contributed by atoms with E-state index in [1.54, 1.807) is 6.92 Å². The molecule has 3 nitrogen and oxygen atoms in total. The van der Waals surface area contributed by atoms with Crippen molar-refractivity contribution in [2.24, 2.45) is 0 Å². The zero-order valence-electron chi connectivity index (χ0n) is 8.19. The van der Waals surface area contributed by atoms with Crippen molar-refractivity contribution in [3.05, 3.63) is 23.8 Å². The first-order valence-corrected chi connectivity index (χ1v) is 4.85. The van der Waals surface area contributed by atoms with Crippen molar-refractivity contribution >= 4 is 0 Å². The molecule has 0 saturated heterocycles. The van der Waals surface area contributed by atoms with Crippen LogP contribution in [-0.2, 0) is 0 Å². The molecule has 2 rings (SSSR count). The van der Waals surface area contributed by atoms with Crippen molar-refractivity contribution < 1.29 is 14.6 Å². The summed E-state index contributed by atoms with van der Waals surface area (Å²) in [7, 11) is 0. The van der Waals surface area contributed by atoms with Crippen LogP contribution in [0.1, 0.15) is 25.0 Å². The Morgan fingerprint density at radius 3 is 2.64 bits per heavy atom. The largest absolute Gasteiger partial charge is 0.490 e. The normalized spacial score (nSPS) is 17.3. The Labute approximate surface area is 83.3 Å². The van der Waals surface area contributed by atoms with Gasteiger partial charge in [0.05, 0.1) is 19.3 Å². The van der Waals surface area contributed by atoms with Crippen LogP contribution in [-0.4, -0.2) is 18.3 Å². The molecule has 3 heteroatoms. The van der Waals surface area contributed by atoms with Gasteiger partial charge in [-0.15, -0.1) is 0 Å². The van der Waals surface area contributed by atoms with Gasteiger partial charge in [0.15, 0.2) is 11.5 Å². The van der Waals surface area contributed by atoms with Crippen molar-refractivity contribution in [1.82, 2.24) is 0 Å². The summed E-state index contributed by atoms with van der Waals surface area (Å²) in [4.78, 5) is 0. The van der Waals surface area contributed by atoms with Crippen LogP contribution in [0.3, 0.4) is 0 Å². The van der Waals surface area contributed by atoms with Gasteiger partial charge in [0, 0.05) is 6.42 Å². The third kappa shape index (κ3) is 1.82. The van der Waals surface area contributed by atoms with E-state index in [4.69, 9.17) is 9.47 Å². The van der Waals surface area contributed by atoms with Crippen molar-refractivity contribution in [2.45, 2.75) is 19.4 Å². The van der Waals surface area contributed by atoms with Gasteiger partial charge in [-0.25, -0.2) is 0 Å². The van der Waals surface area contributed by atoms with E-state index in [9.17, 15) is 5.11 Å². The number of hydrogen-bond donors (Lipinski definition) is 1. The molecule has 0 bridgehead atoms. The number of hydrogen-bond acceptors (Lipinski definition) is 3. The van der Waals surface area contributed by atoms with Gasteiger partial charge in [0.1, 0.15) is 0 Å². The summed E-state index contributed by atoms with van der Waals surface area (Å²) >= 11 is 0. The Morgan fingerprint density at radius 1 is 1.21 bits per heavy atom. The van der Waals surface area contributed by atoms with Crippen molar-refractivity contribution in [1.29, 1.82) is 0 Å². The van der Waals surface area contributed by atoms with E-state index in [0.717, 1.165) is 23.5 Å². The fraction of sp³-hybridized carbons (Fsp3) is 0.455. The summed E-state index contributed by atoms with van der Waals surface area (Å²) in [6.07, 6.45) is 0.436. The van der Waals surface area contributed by atoms with Crippen LogP contribution in [0.4, 0.5) is 0 Å². The number of rotatable bonds is 1. The highest BCUT2D eigenvalue weighted by atomic mass is 16.5. The summed E-state index contributed by atoms with van der Waals surface area (Å²) < 4.78 is 11.0. The standard InChI is InChI=1S/C11H14O3/c1-8(12)9-3-4-10-11(7-9)14-6-2-5-13-10/h3-4,7-8,12H,2,5-6H2,1H3/t8-/m0/s1. The van der Waals surface area contributed by atoms with Gasteiger partial charge in [-0.2, -0.15) is 0 Å². The first-order chi connectivity index (χ1) is 6.77. The minimum atomic E-state index is -0.466. The number of ether oxygens (including phenoxy) is 2. The van der Waals surface area contributed by atoms with Crippen LogP contribution < -0.4 is 9.47 Å². The van der Waals surface area contributed by atoms with E-state index in [1.807, 2.05) is 18.2 Å². The zero-order valence-corrected chi connectivity index (χ0v) is 8.19. The lowest BCUT2D eigenvalue weighted by Crippen LogP contribution is -1.97. The number of benzene rings is 1. The fourth-order valence-corrected chi connectivity index (χ4v) is 1.44. The monoisotopic (exact) mass is 194 g/mol. The summed E-state index contributed by atoms with van der Waals surface area (Å²) in [6.45, 7) is 3.11. The Bertz CT molecular complexity index is 320. The molecular formula is C11H14O3. The molecule has 0 radical (unpaired) electrons. The average Bonchev–Trinajstić information content (AvgIpc) is 2.41. The van der Waals surface area contributed by atoms with Gasteiger partial charge in [0.2, 0.25) is 0 Å². The maximum atomic E-state index is 9.40.